The molecule has 0 aromatic carbocycles. The van der Waals surface area contributed by atoms with Crippen molar-refractivity contribution in [1.82, 2.24) is 20.6 Å². The monoisotopic (exact) mass is 279 g/mol. The smallest absolute Gasteiger partial charge is 0.272 e. The Morgan fingerprint density at radius 2 is 2.00 bits per heavy atom. The highest BCUT2D eigenvalue weighted by Crippen LogP contribution is 2.01. The van der Waals surface area contributed by atoms with Gasteiger partial charge in [-0.25, -0.2) is 9.97 Å². The minimum Gasteiger partial charge on any atom is -0.369 e. The van der Waals surface area contributed by atoms with Crippen molar-refractivity contribution in [2.75, 3.05) is 18.4 Å². The number of carbonyl (C=O) groups is 2. The van der Waals surface area contributed by atoms with Crippen LogP contribution in [0.5, 0.6) is 0 Å². The zero-order valence-electron chi connectivity index (χ0n) is 12.1. The molecule has 3 N–H and O–H groups in total. The van der Waals surface area contributed by atoms with Crippen LogP contribution in [-0.2, 0) is 4.79 Å². The molecular weight excluding hydrogens is 258 g/mol. The Hall–Kier alpha value is -2.18. The minimum atomic E-state index is -0.609. The maximum atomic E-state index is 11.9. The van der Waals surface area contributed by atoms with Crippen LogP contribution in [0.3, 0.4) is 0 Å². The van der Waals surface area contributed by atoms with E-state index in [-0.39, 0.29) is 11.6 Å². The highest BCUT2D eigenvalue weighted by molar-refractivity contribution is 5.95. The van der Waals surface area contributed by atoms with Crippen LogP contribution in [0.4, 0.5) is 5.82 Å². The third-order valence-electron chi connectivity index (χ3n) is 2.53. The molecule has 7 nitrogen and oxygen atoms in total. The first-order chi connectivity index (χ1) is 9.58. The molecule has 0 spiro atoms. The summed E-state index contributed by atoms with van der Waals surface area (Å²) in [4.78, 5) is 31.5. The van der Waals surface area contributed by atoms with Crippen LogP contribution in [0.2, 0.25) is 0 Å². The quantitative estimate of drug-likeness (QED) is 0.677. The molecular formula is C13H21N5O2. The first-order valence-electron chi connectivity index (χ1n) is 6.73. The molecule has 2 amide bonds. The summed E-state index contributed by atoms with van der Waals surface area (Å²) < 4.78 is 0. The molecule has 0 radical (unpaired) electrons. The van der Waals surface area contributed by atoms with Crippen molar-refractivity contribution in [1.29, 1.82) is 0 Å². The Morgan fingerprint density at radius 3 is 2.55 bits per heavy atom. The Kier molecular flexibility index (Phi) is 6.42. The predicted molar refractivity (Wildman–Crippen MR) is 76.4 cm³/mol. The van der Waals surface area contributed by atoms with Gasteiger partial charge in [-0.15, -0.1) is 0 Å². The normalized spacial score (nSPS) is 11.6. The lowest BCUT2D eigenvalue weighted by atomic mass is 10.3. The molecule has 1 unspecified atom stereocenters. The lowest BCUT2D eigenvalue weighted by molar-refractivity contribution is -0.122. The van der Waals surface area contributed by atoms with Gasteiger partial charge in [0.15, 0.2) is 0 Å². The molecule has 0 aliphatic heterocycles. The van der Waals surface area contributed by atoms with Gasteiger partial charge in [-0.05, 0) is 20.3 Å². The standard InChI is InChI=1S/C13H21N5O2/c1-4-6-15-11-8-16-10(7-17-11)13(20)18-9(3)12(19)14-5-2/h7-9H,4-6H2,1-3H3,(H,14,19)(H,15,17)(H,18,20). The Bertz CT molecular complexity index is 447. The maximum absolute atomic E-state index is 11.9. The number of likely N-dealkylation sites (N-methyl/N-ethyl adjacent to an activating group) is 1. The van der Waals surface area contributed by atoms with Gasteiger partial charge in [0.1, 0.15) is 17.6 Å². The molecule has 20 heavy (non-hydrogen) atoms. The second-order valence-corrected chi connectivity index (χ2v) is 4.30. The van der Waals surface area contributed by atoms with Crippen molar-refractivity contribution >= 4 is 17.6 Å². The summed E-state index contributed by atoms with van der Waals surface area (Å²) in [5.74, 6) is -0.0199. The number of hydrogen-bond acceptors (Lipinski definition) is 5. The first kappa shape index (κ1) is 15.9. The van der Waals surface area contributed by atoms with Crippen LogP contribution < -0.4 is 16.0 Å². The van der Waals surface area contributed by atoms with Crippen LogP contribution in [0, 0.1) is 0 Å². The zero-order valence-corrected chi connectivity index (χ0v) is 12.1. The summed E-state index contributed by atoms with van der Waals surface area (Å²) in [6.07, 6.45) is 3.87. The Labute approximate surface area is 118 Å². The largest absolute Gasteiger partial charge is 0.369 e. The molecule has 1 heterocycles. The predicted octanol–water partition coefficient (Wildman–Crippen LogP) is 0.553. The van der Waals surface area contributed by atoms with Gasteiger partial charge < -0.3 is 16.0 Å². The van der Waals surface area contributed by atoms with Crippen LogP contribution in [0.1, 0.15) is 37.7 Å². The second kappa shape index (κ2) is 8.08. The highest BCUT2D eigenvalue weighted by Gasteiger charge is 2.16. The lowest BCUT2D eigenvalue weighted by Crippen LogP contribution is -2.44. The number of amides is 2. The van der Waals surface area contributed by atoms with Gasteiger partial charge in [0.05, 0.1) is 12.4 Å². The van der Waals surface area contributed by atoms with E-state index in [0.29, 0.717) is 12.4 Å². The summed E-state index contributed by atoms with van der Waals surface area (Å²) in [5.41, 5.74) is 0.184. The average Bonchev–Trinajstić information content (AvgIpc) is 2.45. The average molecular weight is 279 g/mol. The lowest BCUT2D eigenvalue weighted by Gasteiger charge is -2.12. The molecule has 7 heteroatoms. The number of rotatable bonds is 7. The summed E-state index contributed by atoms with van der Waals surface area (Å²) >= 11 is 0. The first-order valence-corrected chi connectivity index (χ1v) is 6.73. The molecule has 1 rings (SSSR count). The van der Waals surface area contributed by atoms with E-state index in [9.17, 15) is 9.59 Å². The highest BCUT2D eigenvalue weighted by atomic mass is 16.2. The fourth-order valence-corrected chi connectivity index (χ4v) is 1.45. The number of aromatic nitrogens is 2. The molecule has 1 aromatic rings. The molecule has 0 bridgehead atoms. The van der Waals surface area contributed by atoms with E-state index in [1.807, 2.05) is 13.8 Å². The van der Waals surface area contributed by atoms with Gasteiger partial charge in [0, 0.05) is 13.1 Å². The van der Waals surface area contributed by atoms with E-state index >= 15 is 0 Å². The topological polar surface area (TPSA) is 96.0 Å². The van der Waals surface area contributed by atoms with Crippen molar-refractivity contribution in [3.05, 3.63) is 18.1 Å². The van der Waals surface area contributed by atoms with Gasteiger partial charge in [-0.2, -0.15) is 0 Å². The van der Waals surface area contributed by atoms with Gasteiger partial charge in [0.25, 0.3) is 5.91 Å². The van der Waals surface area contributed by atoms with E-state index in [0.717, 1.165) is 13.0 Å². The van der Waals surface area contributed by atoms with Crippen molar-refractivity contribution in [3.8, 4) is 0 Å². The fourth-order valence-electron chi connectivity index (χ4n) is 1.45. The van der Waals surface area contributed by atoms with Gasteiger partial charge in [-0.1, -0.05) is 6.92 Å². The molecule has 0 fully saturated rings. The summed E-state index contributed by atoms with van der Waals surface area (Å²) in [6, 6.07) is -0.609. The summed E-state index contributed by atoms with van der Waals surface area (Å²) in [6.45, 7) is 6.81. The van der Waals surface area contributed by atoms with Gasteiger partial charge >= 0.3 is 0 Å². The third kappa shape index (κ3) is 4.83. The number of hydrogen-bond donors (Lipinski definition) is 3. The molecule has 0 saturated heterocycles. The van der Waals surface area contributed by atoms with E-state index in [1.165, 1.54) is 12.4 Å². The van der Waals surface area contributed by atoms with Crippen molar-refractivity contribution < 1.29 is 9.59 Å². The summed E-state index contributed by atoms with van der Waals surface area (Å²) in [5, 5.41) is 8.27. The molecule has 0 aliphatic carbocycles. The zero-order chi connectivity index (χ0) is 15.0. The summed E-state index contributed by atoms with van der Waals surface area (Å²) in [7, 11) is 0. The minimum absolute atomic E-state index is 0.184. The van der Waals surface area contributed by atoms with E-state index in [1.54, 1.807) is 6.92 Å². The third-order valence-corrected chi connectivity index (χ3v) is 2.53. The number of carbonyl (C=O) groups excluding carboxylic acids is 2. The van der Waals surface area contributed by atoms with Crippen molar-refractivity contribution in [2.24, 2.45) is 0 Å². The molecule has 1 aromatic heterocycles. The van der Waals surface area contributed by atoms with Crippen LogP contribution in [0.25, 0.3) is 0 Å². The second-order valence-electron chi connectivity index (χ2n) is 4.30. The van der Waals surface area contributed by atoms with Crippen LogP contribution in [0.15, 0.2) is 12.4 Å². The van der Waals surface area contributed by atoms with E-state index in [2.05, 4.69) is 25.9 Å². The molecule has 0 saturated carbocycles. The van der Waals surface area contributed by atoms with Crippen LogP contribution in [-0.4, -0.2) is 40.9 Å². The van der Waals surface area contributed by atoms with Gasteiger partial charge in [-0.3, -0.25) is 9.59 Å². The fraction of sp³-hybridized carbons (Fsp3) is 0.538. The van der Waals surface area contributed by atoms with Crippen molar-refractivity contribution in [3.63, 3.8) is 0 Å². The molecule has 110 valence electrons. The number of nitrogens with zero attached hydrogens (tertiary/aromatic N) is 2. The van der Waals surface area contributed by atoms with Crippen LogP contribution >= 0.6 is 0 Å². The Balaban J connectivity index is 2.57. The van der Waals surface area contributed by atoms with Crippen molar-refractivity contribution in [2.45, 2.75) is 33.2 Å². The molecule has 0 aliphatic rings. The number of anilines is 1. The molecule has 1 atom stereocenters. The number of nitrogens with one attached hydrogen (secondary N) is 3. The SMILES string of the molecule is CCCNc1cnc(C(=O)NC(C)C(=O)NCC)cn1. The maximum Gasteiger partial charge on any atom is 0.272 e. The van der Waals surface area contributed by atoms with E-state index < -0.39 is 11.9 Å². The van der Waals surface area contributed by atoms with E-state index in [4.69, 9.17) is 0 Å². The van der Waals surface area contributed by atoms with Gasteiger partial charge in [0.2, 0.25) is 5.91 Å². The Morgan fingerprint density at radius 1 is 1.25 bits per heavy atom.